The Kier molecular flexibility index (Phi) is 5.90. The van der Waals surface area contributed by atoms with Gasteiger partial charge in [0.05, 0.1) is 18.2 Å². The summed E-state index contributed by atoms with van der Waals surface area (Å²) in [6.45, 7) is 9.65. The maximum absolute atomic E-state index is 6.47. The number of hydrogen-bond donors (Lipinski definition) is 0. The van der Waals surface area contributed by atoms with E-state index in [4.69, 9.17) is 21.1 Å². The van der Waals surface area contributed by atoms with Gasteiger partial charge in [-0.25, -0.2) is 0 Å². The van der Waals surface area contributed by atoms with Crippen molar-refractivity contribution in [2.24, 2.45) is 5.92 Å². The van der Waals surface area contributed by atoms with E-state index in [2.05, 4.69) is 22.9 Å². The van der Waals surface area contributed by atoms with E-state index in [0.29, 0.717) is 30.0 Å². The average Bonchev–Trinajstić information content (AvgIpc) is 2.80. The van der Waals surface area contributed by atoms with Gasteiger partial charge in [-0.15, -0.1) is 0 Å². The van der Waals surface area contributed by atoms with Crippen LogP contribution in [0.15, 0.2) is 12.1 Å². The van der Waals surface area contributed by atoms with E-state index in [1.807, 2.05) is 19.9 Å². The van der Waals surface area contributed by atoms with Crippen molar-refractivity contribution in [1.82, 2.24) is 9.80 Å². The molecule has 0 spiro atoms. The first-order chi connectivity index (χ1) is 11.6. The lowest BCUT2D eigenvalue weighted by Crippen LogP contribution is -2.43. The summed E-state index contributed by atoms with van der Waals surface area (Å²) in [5, 5.41) is 0.648. The van der Waals surface area contributed by atoms with Crippen molar-refractivity contribution >= 4 is 11.6 Å². The Morgan fingerprint density at radius 1 is 1.08 bits per heavy atom. The zero-order chi connectivity index (χ0) is 17.1. The number of fused-ring (bicyclic) bond motifs is 4. The van der Waals surface area contributed by atoms with Gasteiger partial charge in [0.1, 0.15) is 0 Å². The molecule has 0 aliphatic carbocycles. The second kappa shape index (κ2) is 7.94. The van der Waals surface area contributed by atoms with Crippen LogP contribution < -0.4 is 9.47 Å². The summed E-state index contributed by atoms with van der Waals surface area (Å²) in [6.07, 6.45) is 2.66. The van der Waals surface area contributed by atoms with Crippen molar-refractivity contribution in [1.29, 1.82) is 0 Å². The molecule has 0 unspecified atom stereocenters. The number of hydrogen-bond acceptors (Lipinski definition) is 4. The van der Waals surface area contributed by atoms with E-state index in [1.54, 1.807) is 0 Å². The highest BCUT2D eigenvalue weighted by atomic mass is 35.5. The fourth-order valence-electron chi connectivity index (χ4n) is 4.10. The minimum absolute atomic E-state index is 0.585. The van der Waals surface area contributed by atoms with Crippen LogP contribution in [-0.4, -0.2) is 55.7 Å². The number of likely N-dealkylation sites (N-methyl/N-ethyl adjacent to an activating group) is 1. The van der Waals surface area contributed by atoms with Crippen LogP contribution >= 0.6 is 11.6 Å². The standard InChI is InChI=1S/C19H29ClN2O2/c1-4-23-18-9-15(8-17(20)19(18)24-5-2)12-22-11-14-6-7-16(22)13-21(3)10-14/h8-9,14,16H,4-7,10-13H2,1-3H3/t14-,16+/m1/s1. The number of piperidine rings is 1. The molecular weight excluding hydrogens is 324 g/mol. The van der Waals surface area contributed by atoms with Crippen LogP contribution in [0.3, 0.4) is 0 Å². The molecule has 4 rings (SSSR count). The molecular formula is C19H29ClN2O2. The third-order valence-electron chi connectivity index (χ3n) is 5.05. The zero-order valence-corrected chi connectivity index (χ0v) is 15.8. The first kappa shape index (κ1) is 17.8. The molecule has 1 aromatic carbocycles. The molecule has 5 heteroatoms. The SMILES string of the molecule is CCOc1cc(CN2C[C@@H]3CC[C@H]2CN(C)C3)cc(Cl)c1OCC. The Morgan fingerprint density at radius 3 is 2.62 bits per heavy atom. The van der Waals surface area contributed by atoms with Crippen molar-refractivity contribution < 1.29 is 9.47 Å². The Morgan fingerprint density at radius 2 is 1.88 bits per heavy atom. The maximum Gasteiger partial charge on any atom is 0.179 e. The topological polar surface area (TPSA) is 24.9 Å². The molecule has 3 fully saturated rings. The first-order valence-corrected chi connectivity index (χ1v) is 9.49. The summed E-state index contributed by atoms with van der Waals surface area (Å²) in [5.41, 5.74) is 1.21. The van der Waals surface area contributed by atoms with Crippen LogP contribution in [-0.2, 0) is 6.54 Å². The quantitative estimate of drug-likeness (QED) is 0.780. The van der Waals surface area contributed by atoms with Gasteiger partial charge in [0, 0.05) is 32.2 Å². The van der Waals surface area contributed by atoms with E-state index >= 15 is 0 Å². The number of halogens is 1. The van der Waals surface area contributed by atoms with Crippen molar-refractivity contribution in [3.8, 4) is 11.5 Å². The second-order valence-corrected chi connectivity index (χ2v) is 7.43. The van der Waals surface area contributed by atoms with Crippen molar-refractivity contribution in [2.75, 3.05) is 39.9 Å². The van der Waals surface area contributed by atoms with E-state index in [0.717, 1.165) is 18.2 Å². The van der Waals surface area contributed by atoms with Crippen molar-refractivity contribution in [2.45, 2.75) is 39.3 Å². The molecule has 0 radical (unpaired) electrons. The van der Waals surface area contributed by atoms with Crippen molar-refractivity contribution in [3.63, 3.8) is 0 Å². The molecule has 24 heavy (non-hydrogen) atoms. The molecule has 134 valence electrons. The molecule has 2 bridgehead atoms. The molecule has 3 saturated heterocycles. The summed E-state index contributed by atoms with van der Waals surface area (Å²) >= 11 is 6.47. The zero-order valence-electron chi connectivity index (χ0n) is 15.1. The van der Waals surface area contributed by atoms with E-state index in [1.165, 1.54) is 38.0 Å². The van der Waals surface area contributed by atoms with Crippen LogP contribution in [0.4, 0.5) is 0 Å². The fraction of sp³-hybridized carbons (Fsp3) is 0.684. The van der Waals surface area contributed by atoms with Gasteiger partial charge < -0.3 is 14.4 Å². The molecule has 0 aromatic heterocycles. The minimum Gasteiger partial charge on any atom is -0.490 e. The Hall–Kier alpha value is -0.970. The number of benzene rings is 1. The van der Waals surface area contributed by atoms with E-state index in [9.17, 15) is 0 Å². The molecule has 0 amide bonds. The smallest absolute Gasteiger partial charge is 0.179 e. The molecule has 4 nitrogen and oxygen atoms in total. The first-order valence-electron chi connectivity index (χ1n) is 9.11. The van der Waals surface area contributed by atoms with E-state index in [-0.39, 0.29) is 0 Å². The molecule has 3 aliphatic heterocycles. The third-order valence-corrected chi connectivity index (χ3v) is 5.33. The Bertz CT molecular complexity index is 567. The van der Waals surface area contributed by atoms with Gasteiger partial charge in [0.2, 0.25) is 0 Å². The lowest BCUT2D eigenvalue weighted by molar-refractivity contribution is 0.124. The number of ether oxygens (including phenoxy) is 2. The highest BCUT2D eigenvalue weighted by molar-refractivity contribution is 6.32. The van der Waals surface area contributed by atoms with Gasteiger partial charge in [0.25, 0.3) is 0 Å². The van der Waals surface area contributed by atoms with Gasteiger partial charge in [-0.1, -0.05) is 11.6 Å². The van der Waals surface area contributed by atoms with Crippen LogP contribution in [0, 0.1) is 5.92 Å². The van der Waals surface area contributed by atoms with Gasteiger partial charge in [0.15, 0.2) is 11.5 Å². The molecule has 0 N–H and O–H groups in total. The van der Waals surface area contributed by atoms with E-state index < -0.39 is 0 Å². The highest BCUT2D eigenvalue weighted by Crippen LogP contribution is 2.38. The molecule has 3 aliphatic rings. The minimum atomic E-state index is 0.585. The van der Waals surface area contributed by atoms with Crippen LogP contribution in [0.25, 0.3) is 0 Å². The van der Waals surface area contributed by atoms with Gasteiger partial charge >= 0.3 is 0 Å². The summed E-state index contributed by atoms with van der Waals surface area (Å²) in [4.78, 5) is 5.11. The molecule has 3 heterocycles. The molecule has 1 aromatic rings. The highest BCUT2D eigenvalue weighted by Gasteiger charge is 2.33. The molecule has 0 saturated carbocycles. The van der Waals surface area contributed by atoms with Gasteiger partial charge in [-0.2, -0.15) is 0 Å². The summed E-state index contributed by atoms with van der Waals surface area (Å²) in [7, 11) is 2.25. The largest absolute Gasteiger partial charge is 0.490 e. The summed E-state index contributed by atoms with van der Waals surface area (Å²) < 4.78 is 11.4. The van der Waals surface area contributed by atoms with Crippen LogP contribution in [0.5, 0.6) is 11.5 Å². The Labute approximate surface area is 150 Å². The predicted octanol–water partition coefficient (Wildman–Crippen LogP) is 3.66. The van der Waals surface area contributed by atoms with Crippen LogP contribution in [0.2, 0.25) is 5.02 Å². The van der Waals surface area contributed by atoms with Gasteiger partial charge in [-0.3, -0.25) is 4.90 Å². The fourth-order valence-corrected chi connectivity index (χ4v) is 4.39. The lowest BCUT2D eigenvalue weighted by atomic mass is 9.94. The number of nitrogens with zero attached hydrogens (tertiary/aromatic N) is 2. The Balaban J connectivity index is 1.79. The molecule has 2 atom stereocenters. The number of rotatable bonds is 6. The maximum atomic E-state index is 6.47. The lowest BCUT2D eigenvalue weighted by Gasteiger charge is -2.36. The predicted molar refractivity (Wildman–Crippen MR) is 98.2 cm³/mol. The average molecular weight is 353 g/mol. The summed E-state index contributed by atoms with van der Waals surface area (Å²) in [5.74, 6) is 2.22. The monoisotopic (exact) mass is 352 g/mol. The second-order valence-electron chi connectivity index (χ2n) is 7.02. The van der Waals surface area contributed by atoms with Gasteiger partial charge in [-0.05, 0) is 57.4 Å². The normalized spacial score (nSPS) is 24.8. The third kappa shape index (κ3) is 3.98. The van der Waals surface area contributed by atoms with Crippen LogP contribution in [0.1, 0.15) is 32.3 Å². The van der Waals surface area contributed by atoms with Crippen molar-refractivity contribution in [3.05, 3.63) is 22.7 Å². The summed E-state index contributed by atoms with van der Waals surface area (Å²) in [6, 6.07) is 4.79.